The number of aliphatic hydroxyl groups excluding tert-OH is 1. The van der Waals surface area contributed by atoms with Crippen LogP contribution in [0.1, 0.15) is 51.4 Å². The van der Waals surface area contributed by atoms with E-state index in [0.717, 1.165) is 13.1 Å². The Hall–Kier alpha value is -0.120. The van der Waals surface area contributed by atoms with Gasteiger partial charge in [0.05, 0.1) is 5.60 Å². The lowest BCUT2D eigenvalue weighted by Gasteiger charge is -2.42. The van der Waals surface area contributed by atoms with Gasteiger partial charge >= 0.3 is 0 Å². The van der Waals surface area contributed by atoms with Gasteiger partial charge in [0.15, 0.2) is 0 Å². The number of aliphatic hydroxyl groups is 1. The number of hydrogen-bond acceptors (Lipinski definition) is 3. The van der Waals surface area contributed by atoms with Gasteiger partial charge in [0.1, 0.15) is 0 Å². The standard InChI is InChI=1S/C14H27NO2/c1-17-14(8-5-9-14)11-15-10-13(12-16)6-3-2-4-7-13/h15-16H,2-12H2,1H3. The summed E-state index contributed by atoms with van der Waals surface area (Å²) in [4.78, 5) is 0. The van der Waals surface area contributed by atoms with Gasteiger partial charge in [0.25, 0.3) is 0 Å². The normalized spacial score (nSPS) is 26.5. The lowest BCUT2D eigenvalue weighted by molar-refractivity contribution is -0.0716. The smallest absolute Gasteiger partial charge is 0.0802 e. The zero-order valence-corrected chi connectivity index (χ0v) is 11.1. The van der Waals surface area contributed by atoms with Gasteiger partial charge in [-0.1, -0.05) is 19.3 Å². The first-order chi connectivity index (χ1) is 8.24. The summed E-state index contributed by atoms with van der Waals surface area (Å²) in [6.07, 6.45) is 9.90. The molecule has 3 nitrogen and oxygen atoms in total. The third-order valence-electron chi connectivity index (χ3n) is 4.89. The SMILES string of the molecule is COC1(CNCC2(CO)CCCCC2)CCC1. The molecule has 100 valence electrons. The van der Waals surface area contributed by atoms with Crippen molar-refractivity contribution in [2.75, 3.05) is 26.8 Å². The van der Waals surface area contributed by atoms with Crippen LogP contribution in [0.15, 0.2) is 0 Å². The highest BCUT2D eigenvalue weighted by Gasteiger charge is 2.38. The second-order valence-corrected chi connectivity index (χ2v) is 6.06. The third kappa shape index (κ3) is 3.01. The first kappa shape index (κ1) is 13.3. The van der Waals surface area contributed by atoms with E-state index >= 15 is 0 Å². The molecule has 2 aliphatic carbocycles. The Labute approximate surface area is 105 Å². The molecular weight excluding hydrogens is 214 g/mol. The summed E-state index contributed by atoms with van der Waals surface area (Å²) < 4.78 is 5.60. The van der Waals surface area contributed by atoms with Crippen molar-refractivity contribution >= 4 is 0 Å². The lowest BCUT2D eigenvalue weighted by atomic mass is 9.74. The summed E-state index contributed by atoms with van der Waals surface area (Å²) in [6, 6.07) is 0. The fourth-order valence-corrected chi connectivity index (χ4v) is 3.27. The molecule has 0 bridgehead atoms. The molecular formula is C14H27NO2. The molecule has 0 aliphatic heterocycles. The fourth-order valence-electron chi connectivity index (χ4n) is 3.27. The van der Waals surface area contributed by atoms with Crippen molar-refractivity contribution in [2.24, 2.45) is 5.41 Å². The maximum Gasteiger partial charge on any atom is 0.0802 e. The molecule has 2 N–H and O–H groups in total. The molecule has 2 aliphatic rings. The molecule has 0 heterocycles. The third-order valence-corrected chi connectivity index (χ3v) is 4.89. The van der Waals surface area contributed by atoms with Gasteiger partial charge in [0, 0.05) is 32.2 Å². The Morgan fingerprint density at radius 1 is 1.00 bits per heavy atom. The summed E-state index contributed by atoms with van der Waals surface area (Å²) in [6.45, 7) is 2.24. The van der Waals surface area contributed by atoms with Crippen LogP contribution >= 0.6 is 0 Å². The summed E-state index contributed by atoms with van der Waals surface area (Å²) in [5.74, 6) is 0. The molecule has 2 fully saturated rings. The van der Waals surface area contributed by atoms with E-state index in [9.17, 15) is 5.11 Å². The fraction of sp³-hybridized carbons (Fsp3) is 1.00. The second-order valence-electron chi connectivity index (χ2n) is 6.06. The van der Waals surface area contributed by atoms with E-state index in [1.807, 2.05) is 7.11 Å². The van der Waals surface area contributed by atoms with Gasteiger partial charge < -0.3 is 15.2 Å². The van der Waals surface area contributed by atoms with E-state index in [1.54, 1.807) is 0 Å². The first-order valence-electron chi connectivity index (χ1n) is 7.11. The van der Waals surface area contributed by atoms with E-state index in [1.165, 1.54) is 51.4 Å². The van der Waals surface area contributed by atoms with Gasteiger partial charge in [-0.2, -0.15) is 0 Å². The second kappa shape index (κ2) is 5.68. The minimum absolute atomic E-state index is 0.102. The predicted molar refractivity (Wildman–Crippen MR) is 69.1 cm³/mol. The topological polar surface area (TPSA) is 41.5 Å². The number of ether oxygens (including phenoxy) is 1. The number of rotatable bonds is 6. The van der Waals surface area contributed by atoms with Gasteiger partial charge in [-0.3, -0.25) is 0 Å². The molecule has 2 rings (SSSR count). The predicted octanol–water partition coefficient (Wildman–Crippen LogP) is 2.09. The zero-order chi connectivity index (χ0) is 12.2. The first-order valence-corrected chi connectivity index (χ1v) is 7.11. The van der Waals surface area contributed by atoms with Crippen LogP contribution in [0.3, 0.4) is 0 Å². The Balaban J connectivity index is 1.75. The van der Waals surface area contributed by atoms with Gasteiger partial charge in [-0.05, 0) is 32.1 Å². The maximum atomic E-state index is 9.63. The van der Waals surface area contributed by atoms with Crippen molar-refractivity contribution in [3.63, 3.8) is 0 Å². The van der Waals surface area contributed by atoms with Crippen molar-refractivity contribution in [1.29, 1.82) is 0 Å². The number of hydrogen-bond donors (Lipinski definition) is 2. The van der Waals surface area contributed by atoms with Crippen LogP contribution in [0, 0.1) is 5.41 Å². The molecule has 0 aromatic carbocycles. The number of methoxy groups -OCH3 is 1. The van der Waals surface area contributed by atoms with E-state index in [4.69, 9.17) is 4.74 Å². The van der Waals surface area contributed by atoms with Gasteiger partial charge in [-0.15, -0.1) is 0 Å². The van der Waals surface area contributed by atoms with E-state index in [-0.39, 0.29) is 11.0 Å². The maximum absolute atomic E-state index is 9.63. The molecule has 2 saturated carbocycles. The highest BCUT2D eigenvalue weighted by Crippen LogP contribution is 2.37. The Kier molecular flexibility index (Phi) is 4.45. The average molecular weight is 241 g/mol. The van der Waals surface area contributed by atoms with Crippen LogP contribution in [0.5, 0.6) is 0 Å². The van der Waals surface area contributed by atoms with E-state index in [0.29, 0.717) is 6.61 Å². The van der Waals surface area contributed by atoms with Gasteiger partial charge in [0.2, 0.25) is 0 Å². The molecule has 0 aromatic rings. The minimum Gasteiger partial charge on any atom is -0.396 e. The van der Waals surface area contributed by atoms with Gasteiger partial charge in [-0.25, -0.2) is 0 Å². The van der Waals surface area contributed by atoms with Crippen molar-refractivity contribution in [3.05, 3.63) is 0 Å². The molecule has 0 radical (unpaired) electrons. The van der Waals surface area contributed by atoms with Crippen LogP contribution in [0.25, 0.3) is 0 Å². The summed E-state index contributed by atoms with van der Waals surface area (Å²) in [5, 5.41) is 13.2. The highest BCUT2D eigenvalue weighted by atomic mass is 16.5. The van der Waals surface area contributed by atoms with Crippen molar-refractivity contribution in [2.45, 2.75) is 57.0 Å². The average Bonchev–Trinajstić information content (AvgIpc) is 2.34. The Bertz CT molecular complexity index is 227. The van der Waals surface area contributed by atoms with Crippen LogP contribution in [0.4, 0.5) is 0 Å². The van der Waals surface area contributed by atoms with Crippen molar-refractivity contribution < 1.29 is 9.84 Å². The molecule has 17 heavy (non-hydrogen) atoms. The largest absolute Gasteiger partial charge is 0.396 e. The minimum atomic E-state index is 0.102. The molecule has 0 atom stereocenters. The quantitative estimate of drug-likeness (QED) is 0.748. The summed E-state index contributed by atoms with van der Waals surface area (Å²) in [7, 11) is 1.82. The monoisotopic (exact) mass is 241 g/mol. The molecule has 0 saturated heterocycles. The summed E-state index contributed by atoms with van der Waals surface area (Å²) >= 11 is 0. The molecule has 3 heteroatoms. The summed E-state index contributed by atoms with van der Waals surface area (Å²) in [5.41, 5.74) is 0.252. The van der Waals surface area contributed by atoms with Crippen LogP contribution in [-0.2, 0) is 4.74 Å². The Morgan fingerprint density at radius 3 is 2.18 bits per heavy atom. The molecule has 0 aromatic heterocycles. The van der Waals surface area contributed by atoms with Crippen LogP contribution in [0.2, 0.25) is 0 Å². The van der Waals surface area contributed by atoms with Crippen LogP contribution < -0.4 is 5.32 Å². The van der Waals surface area contributed by atoms with Crippen molar-refractivity contribution in [3.8, 4) is 0 Å². The van der Waals surface area contributed by atoms with E-state index < -0.39 is 0 Å². The lowest BCUT2D eigenvalue weighted by Crippen LogP contribution is -2.50. The number of nitrogens with one attached hydrogen (secondary N) is 1. The van der Waals surface area contributed by atoms with E-state index in [2.05, 4.69) is 5.32 Å². The molecule has 0 spiro atoms. The molecule has 0 unspecified atom stereocenters. The highest BCUT2D eigenvalue weighted by molar-refractivity contribution is 4.93. The zero-order valence-electron chi connectivity index (χ0n) is 11.1. The van der Waals surface area contributed by atoms with Crippen LogP contribution in [-0.4, -0.2) is 37.5 Å². The van der Waals surface area contributed by atoms with Crippen molar-refractivity contribution in [1.82, 2.24) is 5.32 Å². The molecule has 0 amide bonds. The Morgan fingerprint density at radius 2 is 1.71 bits per heavy atom.